The Labute approximate surface area is 199 Å². The molecule has 0 aliphatic carbocycles. The van der Waals surface area contributed by atoms with E-state index in [1.807, 2.05) is 24.3 Å². The topological polar surface area (TPSA) is 152 Å². The van der Waals surface area contributed by atoms with Crippen LogP contribution in [0.1, 0.15) is 5.56 Å². The smallest absolute Gasteiger partial charge is 0.338 e. The molecule has 0 bridgehead atoms. The highest BCUT2D eigenvalue weighted by Gasteiger charge is 2.47. The van der Waals surface area contributed by atoms with Gasteiger partial charge < -0.3 is 39.4 Å². The quantitative estimate of drug-likeness (QED) is 0.279. The lowest BCUT2D eigenvalue weighted by Gasteiger charge is -2.17. The Hall–Kier alpha value is -2.12. The summed E-state index contributed by atoms with van der Waals surface area (Å²) in [6.07, 6.45) is -4.22. The van der Waals surface area contributed by atoms with Crippen LogP contribution < -0.4 is 0 Å². The molecule has 2 heterocycles. The van der Waals surface area contributed by atoms with E-state index in [0.29, 0.717) is 0 Å². The van der Waals surface area contributed by atoms with E-state index in [0.717, 1.165) is 10.0 Å². The van der Waals surface area contributed by atoms with Gasteiger partial charge in [-0.05, 0) is 11.6 Å². The molecule has 3 rings (SSSR count). The average Bonchev–Trinajstić information content (AvgIpc) is 3.26. The third-order valence-electron chi connectivity index (χ3n) is 5.06. The number of halogens is 1. The summed E-state index contributed by atoms with van der Waals surface area (Å²) in [7, 11) is 2.60. The van der Waals surface area contributed by atoms with Crippen LogP contribution >= 0.6 is 15.9 Å². The molecule has 0 saturated carbocycles. The Balaban J connectivity index is 0.000000257. The van der Waals surface area contributed by atoms with E-state index >= 15 is 0 Å². The van der Waals surface area contributed by atoms with Crippen LogP contribution in [0, 0.1) is 0 Å². The van der Waals surface area contributed by atoms with Gasteiger partial charge in [-0.2, -0.15) is 0 Å². The molecule has 2 unspecified atom stereocenters. The van der Waals surface area contributed by atoms with Crippen LogP contribution in [0.25, 0.3) is 6.08 Å². The molecule has 0 radical (unpaired) electrons. The van der Waals surface area contributed by atoms with Gasteiger partial charge in [0.15, 0.2) is 24.4 Å². The molecule has 10 nitrogen and oxygen atoms in total. The van der Waals surface area contributed by atoms with Gasteiger partial charge in [0.25, 0.3) is 0 Å². The zero-order chi connectivity index (χ0) is 24.7. The molecule has 11 heteroatoms. The van der Waals surface area contributed by atoms with Gasteiger partial charge in [-0.25, -0.2) is 9.59 Å². The Morgan fingerprint density at radius 2 is 1.45 bits per heavy atom. The number of hydrogen-bond acceptors (Lipinski definition) is 10. The summed E-state index contributed by atoms with van der Waals surface area (Å²) in [6, 6.07) is 7.48. The van der Waals surface area contributed by atoms with E-state index in [9.17, 15) is 30.0 Å². The Morgan fingerprint density at radius 3 is 1.88 bits per heavy atom. The number of esters is 2. The van der Waals surface area contributed by atoms with Crippen LogP contribution in [-0.2, 0) is 28.5 Å². The maximum Gasteiger partial charge on any atom is 0.338 e. The number of hydrogen-bond donors (Lipinski definition) is 4. The Bertz CT molecular complexity index is 859. The molecule has 2 aliphatic heterocycles. The van der Waals surface area contributed by atoms with E-state index in [1.54, 1.807) is 6.08 Å². The largest absolute Gasteiger partial charge is 0.454 e. The van der Waals surface area contributed by atoms with Crippen molar-refractivity contribution in [3.8, 4) is 0 Å². The van der Waals surface area contributed by atoms with Crippen LogP contribution in [0.2, 0.25) is 0 Å². The number of aliphatic hydroxyl groups is 4. The molecular formula is C22H27BrO10. The van der Waals surface area contributed by atoms with Gasteiger partial charge in [-0.15, -0.1) is 6.58 Å². The minimum absolute atomic E-state index is 0.666. The van der Waals surface area contributed by atoms with E-state index in [-0.39, 0.29) is 0 Å². The van der Waals surface area contributed by atoms with Crippen LogP contribution in [0.3, 0.4) is 0 Å². The molecule has 182 valence electrons. The Kier molecular flexibility index (Phi) is 10.2. The van der Waals surface area contributed by atoms with Crippen LogP contribution in [-0.4, -0.2) is 95.4 Å². The lowest BCUT2D eigenvalue weighted by molar-refractivity contribution is -0.151. The van der Waals surface area contributed by atoms with Crippen molar-refractivity contribution in [1.29, 1.82) is 0 Å². The SMILES string of the molecule is C=C[C@@H](O)[C@@H]1OC(=O)[C@H](OC)C1O.CO[C@H]1C(=O)O[C@@H]([C@H](O)/C=C/c2ccccc2Br)C1O. The van der Waals surface area contributed by atoms with Gasteiger partial charge >= 0.3 is 11.9 Å². The summed E-state index contributed by atoms with van der Waals surface area (Å²) in [5.74, 6) is -1.33. The van der Waals surface area contributed by atoms with E-state index < -0.39 is 60.8 Å². The van der Waals surface area contributed by atoms with Crippen molar-refractivity contribution in [1.82, 2.24) is 0 Å². The van der Waals surface area contributed by atoms with Gasteiger partial charge in [-0.3, -0.25) is 0 Å². The van der Waals surface area contributed by atoms with Gasteiger partial charge in [0.1, 0.15) is 24.4 Å². The summed E-state index contributed by atoms with van der Waals surface area (Å²) < 4.78 is 20.0. The first-order chi connectivity index (χ1) is 15.7. The molecule has 2 aliphatic rings. The molecule has 1 aromatic carbocycles. The number of aliphatic hydroxyl groups excluding tert-OH is 4. The molecule has 2 saturated heterocycles. The lowest BCUT2D eigenvalue weighted by atomic mass is 10.0. The molecule has 0 spiro atoms. The highest BCUT2D eigenvalue weighted by atomic mass is 79.9. The molecule has 2 fully saturated rings. The summed E-state index contributed by atoms with van der Waals surface area (Å²) in [4.78, 5) is 22.4. The summed E-state index contributed by atoms with van der Waals surface area (Å²) >= 11 is 3.38. The zero-order valence-corrected chi connectivity index (χ0v) is 19.6. The first kappa shape index (κ1) is 27.1. The van der Waals surface area contributed by atoms with Gasteiger partial charge in [0.2, 0.25) is 0 Å². The second-order valence-electron chi connectivity index (χ2n) is 7.19. The van der Waals surface area contributed by atoms with Crippen molar-refractivity contribution >= 4 is 33.9 Å². The van der Waals surface area contributed by atoms with Crippen molar-refractivity contribution in [2.24, 2.45) is 0 Å². The van der Waals surface area contributed by atoms with E-state index in [1.165, 1.54) is 26.4 Å². The number of cyclic esters (lactones) is 2. The fourth-order valence-electron chi connectivity index (χ4n) is 3.24. The maximum absolute atomic E-state index is 11.4. The first-order valence-corrected chi connectivity index (χ1v) is 10.7. The number of rotatable bonds is 7. The predicted molar refractivity (Wildman–Crippen MR) is 119 cm³/mol. The summed E-state index contributed by atoms with van der Waals surface area (Å²) in [5, 5.41) is 38.6. The summed E-state index contributed by atoms with van der Waals surface area (Å²) in [5.41, 5.74) is 0.869. The summed E-state index contributed by atoms with van der Waals surface area (Å²) in [6.45, 7) is 3.32. The van der Waals surface area contributed by atoms with Gasteiger partial charge in [0.05, 0.1) is 0 Å². The predicted octanol–water partition coefficient (Wildman–Crippen LogP) is -0.0409. The lowest BCUT2D eigenvalue weighted by Crippen LogP contribution is -2.38. The number of carbonyl (C=O) groups excluding carboxylic acids is 2. The van der Waals surface area contributed by atoms with Crippen LogP contribution in [0.4, 0.5) is 0 Å². The van der Waals surface area contributed by atoms with Crippen LogP contribution in [0.15, 0.2) is 47.5 Å². The van der Waals surface area contributed by atoms with E-state index in [4.69, 9.17) is 18.9 Å². The van der Waals surface area contributed by atoms with Crippen LogP contribution in [0.5, 0.6) is 0 Å². The minimum atomic E-state index is -1.19. The standard InChI is InChI=1S/C14H15BrO5.C8H12O5/c1-19-13-11(17)12(20-14(13)18)10(16)7-6-8-4-2-3-5-9(8)15;1-3-4(9)6-5(10)7(12-2)8(11)13-6/h2-7,10-13,16-17H,1H3;3-7,9-10H,1H2,2H3/b7-6+;/t10-,11?,12+,13-;4-,5?,6+,7-/m11/s1. The number of methoxy groups -OCH3 is 2. The zero-order valence-electron chi connectivity index (χ0n) is 18.0. The van der Waals surface area contributed by atoms with Crippen molar-refractivity contribution in [2.45, 2.75) is 48.8 Å². The second kappa shape index (κ2) is 12.4. The highest BCUT2D eigenvalue weighted by Crippen LogP contribution is 2.24. The molecule has 0 aromatic heterocycles. The van der Waals surface area contributed by atoms with Crippen molar-refractivity contribution in [3.05, 3.63) is 53.0 Å². The van der Waals surface area contributed by atoms with Crippen molar-refractivity contribution < 1.29 is 49.0 Å². The van der Waals surface area contributed by atoms with E-state index in [2.05, 4.69) is 22.5 Å². The average molecular weight is 531 g/mol. The third kappa shape index (κ3) is 6.48. The normalized spacial score (nSPS) is 30.9. The highest BCUT2D eigenvalue weighted by molar-refractivity contribution is 9.10. The van der Waals surface area contributed by atoms with Crippen molar-refractivity contribution in [2.75, 3.05) is 14.2 Å². The third-order valence-corrected chi connectivity index (χ3v) is 5.79. The Morgan fingerprint density at radius 1 is 0.970 bits per heavy atom. The molecule has 1 aromatic rings. The number of benzene rings is 1. The van der Waals surface area contributed by atoms with Gasteiger partial charge in [-0.1, -0.05) is 52.4 Å². The fraction of sp³-hybridized carbons (Fsp3) is 0.455. The monoisotopic (exact) mass is 530 g/mol. The molecule has 33 heavy (non-hydrogen) atoms. The maximum atomic E-state index is 11.4. The number of carbonyl (C=O) groups is 2. The fourth-order valence-corrected chi connectivity index (χ4v) is 3.65. The second-order valence-corrected chi connectivity index (χ2v) is 8.05. The molecule has 4 N–H and O–H groups in total. The minimum Gasteiger partial charge on any atom is -0.454 e. The molecule has 8 atom stereocenters. The van der Waals surface area contributed by atoms with Gasteiger partial charge in [0, 0.05) is 18.7 Å². The van der Waals surface area contributed by atoms with Crippen molar-refractivity contribution in [3.63, 3.8) is 0 Å². The first-order valence-electron chi connectivity index (χ1n) is 9.90. The molecule has 0 amide bonds. The number of ether oxygens (including phenoxy) is 4. The molecular weight excluding hydrogens is 504 g/mol.